The Morgan fingerprint density at radius 1 is 0.694 bits per heavy atom. The molecular weight excluding hydrogens is 450 g/mol. The molecule has 5 unspecified atom stereocenters. The highest BCUT2D eigenvalue weighted by molar-refractivity contribution is 6.80. The van der Waals surface area contributed by atoms with Crippen molar-refractivity contribution < 1.29 is 0 Å². The highest BCUT2D eigenvalue weighted by Gasteiger charge is 2.57. The minimum Gasteiger partial charge on any atom is -0.367 e. The molecular formula is C34H35NSi. The lowest BCUT2D eigenvalue weighted by atomic mass is 9.93. The number of hydrogen-bond donors (Lipinski definition) is 0. The number of fused-ring (bicyclic) bond motifs is 6. The van der Waals surface area contributed by atoms with E-state index < -0.39 is 8.07 Å². The summed E-state index contributed by atoms with van der Waals surface area (Å²) in [5.41, 5.74) is 13.5. The maximum absolute atomic E-state index is 2.71. The van der Waals surface area contributed by atoms with Crippen molar-refractivity contribution in [1.29, 1.82) is 0 Å². The largest absolute Gasteiger partial charge is 0.367 e. The van der Waals surface area contributed by atoms with Gasteiger partial charge >= 0.3 is 0 Å². The first-order valence-electron chi connectivity index (χ1n) is 13.5. The average Bonchev–Trinajstić information content (AvgIpc) is 3.54. The summed E-state index contributed by atoms with van der Waals surface area (Å²) >= 11 is 0. The fourth-order valence-electron chi connectivity index (χ4n) is 8.26. The van der Waals surface area contributed by atoms with Crippen LogP contribution < -0.4 is 4.90 Å². The van der Waals surface area contributed by atoms with Gasteiger partial charge in [-0.05, 0) is 63.9 Å². The smallest absolute Gasteiger partial charge is 0.0637 e. The van der Waals surface area contributed by atoms with E-state index in [2.05, 4.69) is 129 Å². The van der Waals surface area contributed by atoms with Crippen molar-refractivity contribution in [3.63, 3.8) is 0 Å². The molecule has 2 heteroatoms. The molecule has 7 rings (SSSR count). The minimum atomic E-state index is -1.84. The van der Waals surface area contributed by atoms with Crippen LogP contribution in [0.2, 0.25) is 13.1 Å². The Bertz CT molecular complexity index is 1460. The maximum atomic E-state index is 2.71. The van der Waals surface area contributed by atoms with Crippen LogP contribution in [0.4, 0.5) is 5.69 Å². The highest BCUT2D eigenvalue weighted by Crippen LogP contribution is 2.65. The lowest BCUT2D eigenvalue weighted by molar-refractivity contribution is 0.586. The molecule has 0 saturated carbocycles. The van der Waals surface area contributed by atoms with Crippen LogP contribution in [-0.4, -0.2) is 15.1 Å². The van der Waals surface area contributed by atoms with Crippen LogP contribution in [0, 0.1) is 6.92 Å². The van der Waals surface area contributed by atoms with Crippen molar-refractivity contribution in [3.05, 3.63) is 136 Å². The topological polar surface area (TPSA) is 3.24 Å². The quantitative estimate of drug-likeness (QED) is 0.263. The molecule has 180 valence electrons. The van der Waals surface area contributed by atoms with Gasteiger partial charge in [-0.3, -0.25) is 0 Å². The van der Waals surface area contributed by atoms with E-state index in [1.54, 1.807) is 27.8 Å². The molecule has 5 atom stereocenters. The standard InChI is InChI=1S/C34H35NSi/c1-22-18-19-30-29(20-22)32-33(35(30)2)26-16-10-11-17-27(26)34(32)36(3,4)31-21-28(23-12-6-5-7-13-23)24-14-8-9-15-25(24)31/h5-20,28,31-34H,21H2,1-4H3. The van der Waals surface area contributed by atoms with E-state index in [1.165, 1.54) is 23.2 Å². The lowest BCUT2D eigenvalue weighted by Gasteiger charge is -2.40. The van der Waals surface area contributed by atoms with Crippen molar-refractivity contribution >= 4 is 13.8 Å². The van der Waals surface area contributed by atoms with Gasteiger partial charge in [0.25, 0.3) is 0 Å². The Balaban J connectivity index is 1.38. The minimum absolute atomic E-state index is 0.455. The van der Waals surface area contributed by atoms with Gasteiger partial charge in [0, 0.05) is 24.6 Å². The number of hydrogen-bond acceptors (Lipinski definition) is 1. The summed E-state index contributed by atoms with van der Waals surface area (Å²) in [7, 11) is 0.480. The number of rotatable bonds is 3. The number of benzene rings is 4. The van der Waals surface area contributed by atoms with E-state index in [0.29, 0.717) is 29.0 Å². The van der Waals surface area contributed by atoms with Gasteiger partial charge in [-0.25, -0.2) is 0 Å². The van der Waals surface area contributed by atoms with Crippen molar-refractivity contribution in [2.45, 2.75) is 55.4 Å². The van der Waals surface area contributed by atoms with Gasteiger partial charge in [-0.2, -0.15) is 0 Å². The molecule has 2 aliphatic carbocycles. The van der Waals surface area contributed by atoms with E-state index in [9.17, 15) is 0 Å². The fraction of sp³-hybridized carbons (Fsp3) is 0.294. The van der Waals surface area contributed by atoms with Crippen molar-refractivity contribution in [2.75, 3.05) is 11.9 Å². The Labute approximate surface area is 216 Å². The van der Waals surface area contributed by atoms with E-state index in [1.807, 2.05) is 0 Å². The molecule has 0 fully saturated rings. The van der Waals surface area contributed by atoms with Gasteiger partial charge < -0.3 is 4.90 Å². The molecule has 0 saturated heterocycles. The fourth-order valence-corrected chi connectivity index (χ4v) is 13.0. The Kier molecular flexibility index (Phi) is 4.88. The maximum Gasteiger partial charge on any atom is 0.0637 e. The zero-order valence-corrected chi connectivity index (χ0v) is 22.8. The zero-order chi connectivity index (χ0) is 24.6. The second-order valence-corrected chi connectivity index (χ2v) is 16.9. The first-order valence-corrected chi connectivity index (χ1v) is 16.7. The van der Waals surface area contributed by atoms with Crippen LogP contribution in [0.5, 0.6) is 0 Å². The Hall–Kier alpha value is -3.10. The zero-order valence-electron chi connectivity index (χ0n) is 21.8. The van der Waals surface area contributed by atoms with E-state index in [0.717, 1.165) is 0 Å². The SMILES string of the molecule is Cc1ccc2c(c1)C1C(c3ccccc3C1[Si](C)(C)C1CC(c3ccccc3)c3ccccc31)N2C. The van der Waals surface area contributed by atoms with Gasteiger partial charge in [-0.1, -0.05) is 110 Å². The second-order valence-electron chi connectivity index (χ2n) is 12.0. The van der Waals surface area contributed by atoms with Crippen LogP contribution in [0.1, 0.15) is 74.3 Å². The molecule has 4 aromatic carbocycles. The monoisotopic (exact) mass is 485 g/mol. The van der Waals surface area contributed by atoms with E-state index in [4.69, 9.17) is 0 Å². The van der Waals surface area contributed by atoms with Crippen molar-refractivity contribution in [3.8, 4) is 0 Å². The molecule has 0 N–H and O–H groups in total. The molecule has 1 aliphatic heterocycles. The van der Waals surface area contributed by atoms with Gasteiger partial charge in [0.15, 0.2) is 0 Å². The third-order valence-electron chi connectivity index (χ3n) is 9.81. The Morgan fingerprint density at radius 3 is 2.08 bits per heavy atom. The third-order valence-corrected chi connectivity index (χ3v) is 14.4. The summed E-state index contributed by atoms with van der Waals surface area (Å²) in [5.74, 6) is 1.05. The number of aryl methyl sites for hydroxylation is 1. The van der Waals surface area contributed by atoms with Gasteiger partial charge in [0.2, 0.25) is 0 Å². The van der Waals surface area contributed by atoms with Gasteiger partial charge in [-0.15, -0.1) is 0 Å². The van der Waals surface area contributed by atoms with Crippen LogP contribution in [-0.2, 0) is 0 Å². The average molecular weight is 486 g/mol. The van der Waals surface area contributed by atoms with Crippen molar-refractivity contribution in [2.24, 2.45) is 0 Å². The van der Waals surface area contributed by atoms with E-state index in [-0.39, 0.29) is 0 Å². The van der Waals surface area contributed by atoms with Crippen LogP contribution in [0.15, 0.2) is 97.1 Å². The lowest BCUT2D eigenvalue weighted by Crippen LogP contribution is -2.43. The summed E-state index contributed by atoms with van der Waals surface area (Å²) in [6.07, 6.45) is 1.25. The molecule has 0 amide bonds. The summed E-state index contributed by atoms with van der Waals surface area (Å²) in [5, 5.41) is 0. The first kappa shape index (κ1) is 22.1. The summed E-state index contributed by atoms with van der Waals surface area (Å²) in [6, 6.07) is 37.6. The van der Waals surface area contributed by atoms with Crippen LogP contribution in [0.3, 0.4) is 0 Å². The highest BCUT2D eigenvalue weighted by atomic mass is 28.3. The Morgan fingerprint density at radius 2 is 1.33 bits per heavy atom. The normalized spacial score (nSPS) is 25.9. The molecule has 1 nitrogen and oxygen atoms in total. The molecule has 0 spiro atoms. The van der Waals surface area contributed by atoms with Crippen LogP contribution in [0.25, 0.3) is 0 Å². The predicted molar refractivity (Wildman–Crippen MR) is 154 cm³/mol. The molecule has 3 aliphatic rings. The summed E-state index contributed by atoms with van der Waals surface area (Å²) in [6.45, 7) is 7.67. The number of likely N-dealkylation sites (N-methyl/N-ethyl adjacent to an activating group) is 1. The number of anilines is 1. The molecule has 0 aromatic heterocycles. The molecule has 4 aromatic rings. The molecule has 0 bridgehead atoms. The van der Waals surface area contributed by atoms with Crippen molar-refractivity contribution in [1.82, 2.24) is 0 Å². The number of nitrogens with zero attached hydrogens (tertiary/aromatic N) is 1. The van der Waals surface area contributed by atoms with Gasteiger partial charge in [0.1, 0.15) is 0 Å². The van der Waals surface area contributed by atoms with E-state index >= 15 is 0 Å². The molecule has 36 heavy (non-hydrogen) atoms. The predicted octanol–water partition coefficient (Wildman–Crippen LogP) is 8.47. The summed E-state index contributed by atoms with van der Waals surface area (Å²) in [4.78, 5) is 2.58. The second kappa shape index (κ2) is 7.95. The molecule has 1 heterocycles. The molecule has 0 radical (unpaired) electrons. The van der Waals surface area contributed by atoms with Gasteiger partial charge in [0.05, 0.1) is 14.1 Å². The van der Waals surface area contributed by atoms with Crippen LogP contribution >= 0.6 is 0 Å². The first-order chi connectivity index (χ1) is 17.5. The third kappa shape index (κ3) is 3.00. The summed E-state index contributed by atoms with van der Waals surface area (Å²) < 4.78 is 0.